The highest BCUT2D eigenvalue weighted by Gasteiger charge is 2.36. The standard InChI is InChI=1S/C22H43NO3/c1-3-5-6-7-9-12-15-20-21(26-20)16-13-10-8-11-14-17-22(24)23-18-19-25-4-2/h20-21H,3-19H2,1-2H3,(H,23,24)/t20-,21+/m0/s1. The SMILES string of the molecule is CCCCCCCC[C@@H]1O[C@@H]1CCCCCCCC(=O)NCCOCC. The number of amides is 1. The molecule has 0 aromatic rings. The number of unbranched alkanes of at least 4 members (excludes halogenated alkanes) is 9. The topological polar surface area (TPSA) is 50.9 Å². The van der Waals surface area contributed by atoms with Crippen molar-refractivity contribution < 1.29 is 14.3 Å². The molecular formula is C22H43NO3. The van der Waals surface area contributed by atoms with E-state index >= 15 is 0 Å². The second kappa shape index (κ2) is 16.6. The summed E-state index contributed by atoms with van der Waals surface area (Å²) in [7, 11) is 0. The third-order valence-electron chi connectivity index (χ3n) is 5.20. The van der Waals surface area contributed by atoms with Crippen molar-refractivity contribution in [1.29, 1.82) is 0 Å². The Balaban J connectivity index is 1.77. The zero-order valence-electron chi connectivity index (χ0n) is 17.4. The predicted octanol–water partition coefficient (Wildman–Crippen LogP) is 5.39. The summed E-state index contributed by atoms with van der Waals surface area (Å²) in [5.41, 5.74) is 0. The maximum atomic E-state index is 11.6. The molecule has 4 nitrogen and oxygen atoms in total. The molecule has 1 heterocycles. The van der Waals surface area contributed by atoms with Crippen molar-refractivity contribution in [3.63, 3.8) is 0 Å². The van der Waals surface area contributed by atoms with Crippen LogP contribution in [0.4, 0.5) is 0 Å². The minimum Gasteiger partial charge on any atom is -0.380 e. The van der Waals surface area contributed by atoms with Crippen molar-refractivity contribution in [2.45, 2.75) is 116 Å². The number of hydrogen-bond donors (Lipinski definition) is 1. The van der Waals surface area contributed by atoms with Crippen molar-refractivity contribution in [1.82, 2.24) is 5.32 Å². The second-order valence-electron chi connectivity index (χ2n) is 7.62. The van der Waals surface area contributed by atoms with Crippen molar-refractivity contribution in [3.05, 3.63) is 0 Å². The Kier molecular flexibility index (Phi) is 14.9. The number of rotatable bonds is 19. The van der Waals surface area contributed by atoms with E-state index in [0.717, 1.165) is 12.8 Å². The van der Waals surface area contributed by atoms with Crippen LogP contribution >= 0.6 is 0 Å². The van der Waals surface area contributed by atoms with Gasteiger partial charge in [-0.3, -0.25) is 4.79 Å². The third-order valence-corrected chi connectivity index (χ3v) is 5.20. The number of carbonyl (C=O) groups excluding carboxylic acids is 1. The van der Waals surface area contributed by atoms with Gasteiger partial charge in [-0.05, 0) is 26.2 Å². The number of carbonyl (C=O) groups is 1. The van der Waals surface area contributed by atoms with E-state index < -0.39 is 0 Å². The van der Waals surface area contributed by atoms with E-state index in [4.69, 9.17) is 9.47 Å². The normalized spacial score (nSPS) is 18.8. The molecule has 1 N–H and O–H groups in total. The van der Waals surface area contributed by atoms with Crippen LogP contribution < -0.4 is 5.32 Å². The zero-order chi connectivity index (χ0) is 18.9. The van der Waals surface area contributed by atoms with Crippen LogP contribution in [0.5, 0.6) is 0 Å². The minimum atomic E-state index is 0.161. The molecule has 0 spiro atoms. The van der Waals surface area contributed by atoms with Gasteiger partial charge in [-0.2, -0.15) is 0 Å². The average Bonchev–Trinajstić information content (AvgIpc) is 3.39. The molecule has 0 aliphatic carbocycles. The lowest BCUT2D eigenvalue weighted by atomic mass is 10.0. The summed E-state index contributed by atoms with van der Waals surface area (Å²) in [6, 6.07) is 0. The van der Waals surface area contributed by atoms with Crippen molar-refractivity contribution in [3.8, 4) is 0 Å². The smallest absolute Gasteiger partial charge is 0.220 e. The first-order valence-electron chi connectivity index (χ1n) is 11.3. The number of nitrogens with one attached hydrogen (secondary N) is 1. The van der Waals surface area contributed by atoms with Gasteiger partial charge < -0.3 is 14.8 Å². The molecule has 2 atom stereocenters. The van der Waals surface area contributed by atoms with Gasteiger partial charge in [0.1, 0.15) is 0 Å². The van der Waals surface area contributed by atoms with E-state index in [9.17, 15) is 4.79 Å². The van der Waals surface area contributed by atoms with Gasteiger partial charge in [0, 0.05) is 19.6 Å². The van der Waals surface area contributed by atoms with E-state index in [2.05, 4.69) is 12.2 Å². The fourth-order valence-electron chi connectivity index (χ4n) is 3.47. The summed E-state index contributed by atoms with van der Waals surface area (Å²) in [5, 5.41) is 2.90. The van der Waals surface area contributed by atoms with Crippen LogP contribution in [0.25, 0.3) is 0 Å². The summed E-state index contributed by atoms with van der Waals surface area (Å²) < 4.78 is 11.0. The Morgan fingerprint density at radius 1 is 0.846 bits per heavy atom. The molecule has 1 saturated heterocycles. The van der Waals surface area contributed by atoms with Crippen LogP contribution in [-0.4, -0.2) is 37.9 Å². The summed E-state index contributed by atoms with van der Waals surface area (Å²) in [6.45, 7) is 6.19. The van der Waals surface area contributed by atoms with Gasteiger partial charge >= 0.3 is 0 Å². The van der Waals surface area contributed by atoms with Gasteiger partial charge in [-0.1, -0.05) is 71.1 Å². The van der Waals surface area contributed by atoms with Gasteiger partial charge in [-0.15, -0.1) is 0 Å². The molecule has 0 aromatic heterocycles. The zero-order valence-corrected chi connectivity index (χ0v) is 17.4. The van der Waals surface area contributed by atoms with Crippen LogP contribution in [0.1, 0.15) is 104 Å². The number of epoxide rings is 1. The molecule has 0 radical (unpaired) electrons. The van der Waals surface area contributed by atoms with Gasteiger partial charge in [0.05, 0.1) is 18.8 Å². The molecule has 0 aromatic carbocycles. The van der Waals surface area contributed by atoms with E-state index in [1.165, 1.54) is 70.6 Å². The summed E-state index contributed by atoms with van der Waals surface area (Å²) in [4.78, 5) is 11.6. The molecular weight excluding hydrogens is 326 g/mol. The molecule has 4 heteroatoms. The molecule has 1 amide bonds. The maximum absolute atomic E-state index is 11.6. The monoisotopic (exact) mass is 369 g/mol. The summed E-state index contributed by atoms with van der Waals surface area (Å²) >= 11 is 0. The average molecular weight is 370 g/mol. The lowest BCUT2D eigenvalue weighted by molar-refractivity contribution is -0.121. The van der Waals surface area contributed by atoms with Gasteiger partial charge in [-0.25, -0.2) is 0 Å². The van der Waals surface area contributed by atoms with E-state index in [1.807, 2.05) is 6.92 Å². The second-order valence-corrected chi connectivity index (χ2v) is 7.62. The van der Waals surface area contributed by atoms with Crippen LogP contribution in [0.15, 0.2) is 0 Å². The van der Waals surface area contributed by atoms with Crippen LogP contribution in [0.3, 0.4) is 0 Å². The molecule has 1 aliphatic heterocycles. The molecule has 26 heavy (non-hydrogen) atoms. The van der Waals surface area contributed by atoms with Crippen molar-refractivity contribution in [2.75, 3.05) is 19.8 Å². The molecule has 1 rings (SSSR count). The number of ether oxygens (including phenoxy) is 2. The predicted molar refractivity (Wildman–Crippen MR) is 108 cm³/mol. The van der Waals surface area contributed by atoms with Gasteiger partial charge in [0.15, 0.2) is 0 Å². The fourth-order valence-corrected chi connectivity index (χ4v) is 3.47. The first-order valence-corrected chi connectivity index (χ1v) is 11.3. The highest BCUT2D eigenvalue weighted by atomic mass is 16.6. The summed E-state index contributed by atoms with van der Waals surface area (Å²) in [5.74, 6) is 0.161. The Morgan fingerprint density at radius 3 is 2.04 bits per heavy atom. The molecule has 1 fully saturated rings. The largest absolute Gasteiger partial charge is 0.380 e. The van der Waals surface area contributed by atoms with Crippen LogP contribution in [0, 0.1) is 0 Å². The molecule has 154 valence electrons. The quantitative estimate of drug-likeness (QED) is 0.245. The van der Waals surface area contributed by atoms with Crippen molar-refractivity contribution >= 4 is 5.91 Å². The molecule has 0 saturated carbocycles. The first kappa shape index (κ1) is 23.4. The molecule has 0 bridgehead atoms. The number of hydrogen-bond acceptors (Lipinski definition) is 3. The first-order chi connectivity index (χ1) is 12.8. The minimum absolute atomic E-state index is 0.161. The fraction of sp³-hybridized carbons (Fsp3) is 0.955. The Bertz CT molecular complexity index is 335. The maximum Gasteiger partial charge on any atom is 0.220 e. The highest BCUT2D eigenvalue weighted by molar-refractivity contribution is 5.75. The Hall–Kier alpha value is -0.610. The van der Waals surface area contributed by atoms with Gasteiger partial charge in [0.2, 0.25) is 5.91 Å². The Morgan fingerprint density at radius 2 is 1.42 bits per heavy atom. The Labute approximate surface area is 161 Å². The summed E-state index contributed by atoms with van der Waals surface area (Å²) in [6.07, 6.45) is 18.5. The van der Waals surface area contributed by atoms with E-state index in [1.54, 1.807) is 0 Å². The van der Waals surface area contributed by atoms with Gasteiger partial charge in [0.25, 0.3) is 0 Å². The van der Waals surface area contributed by atoms with E-state index in [-0.39, 0.29) is 5.91 Å². The van der Waals surface area contributed by atoms with Crippen LogP contribution in [-0.2, 0) is 14.3 Å². The molecule has 1 aliphatic rings. The van der Waals surface area contributed by atoms with Crippen molar-refractivity contribution in [2.24, 2.45) is 0 Å². The van der Waals surface area contributed by atoms with Crippen LogP contribution in [0.2, 0.25) is 0 Å². The highest BCUT2D eigenvalue weighted by Crippen LogP contribution is 2.31. The lowest BCUT2D eigenvalue weighted by Crippen LogP contribution is -2.26. The van der Waals surface area contributed by atoms with E-state index in [0.29, 0.717) is 38.4 Å². The lowest BCUT2D eigenvalue weighted by Gasteiger charge is -2.05. The molecule has 0 unspecified atom stereocenters. The third kappa shape index (κ3) is 13.6.